The second kappa shape index (κ2) is 5.28. The highest BCUT2D eigenvalue weighted by molar-refractivity contribution is 5.91. The van der Waals surface area contributed by atoms with E-state index in [1.165, 1.54) is 0 Å². The molecule has 3 aromatic rings. The van der Waals surface area contributed by atoms with Crippen molar-refractivity contribution in [2.24, 2.45) is 0 Å². The molecule has 23 heavy (non-hydrogen) atoms. The van der Waals surface area contributed by atoms with E-state index in [0.29, 0.717) is 12.5 Å². The SMILES string of the molecule is CCOc1nc(N)nc2c1-c1ccccc1Oc1ccccc1-2. The summed E-state index contributed by atoms with van der Waals surface area (Å²) in [6.45, 7) is 2.41. The van der Waals surface area contributed by atoms with Gasteiger partial charge in [0.15, 0.2) is 0 Å². The molecular formula is C18H15N3O2. The number of para-hydroxylation sites is 2. The highest BCUT2D eigenvalue weighted by Crippen LogP contribution is 2.48. The summed E-state index contributed by atoms with van der Waals surface area (Å²) in [6, 6.07) is 15.5. The van der Waals surface area contributed by atoms with E-state index in [2.05, 4.69) is 9.97 Å². The van der Waals surface area contributed by atoms with Gasteiger partial charge >= 0.3 is 0 Å². The Balaban J connectivity index is 2.13. The predicted octanol–water partition coefficient (Wildman–Crippen LogP) is 3.90. The topological polar surface area (TPSA) is 70.3 Å². The molecular weight excluding hydrogens is 290 g/mol. The lowest BCUT2D eigenvalue weighted by molar-refractivity contribution is 0.328. The normalized spacial score (nSPS) is 11.5. The number of hydrogen-bond donors (Lipinski definition) is 1. The van der Waals surface area contributed by atoms with Crippen LogP contribution in [0.1, 0.15) is 6.92 Å². The van der Waals surface area contributed by atoms with E-state index in [0.717, 1.165) is 33.9 Å². The van der Waals surface area contributed by atoms with Crippen LogP contribution in [-0.2, 0) is 0 Å². The summed E-state index contributed by atoms with van der Waals surface area (Å²) < 4.78 is 11.8. The molecule has 0 aliphatic carbocycles. The van der Waals surface area contributed by atoms with Gasteiger partial charge in [-0.3, -0.25) is 0 Å². The van der Waals surface area contributed by atoms with Crippen molar-refractivity contribution in [2.75, 3.05) is 12.3 Å². The molecule has 0 atom stereocenters. The van der Waals surface area contributed by atoms with Crippen LogP contribution in [0, 0.1) is 0 Å². The van der Waals surface area contributed by atoms with Gasteiger partial charge in [-0.25, -0.2) is 4.98 Å². The third kappa shape index (κ3) is 2.17. The molecule has 0 radical (unpaired) electrons. The van der Waals surface area contributed by atoms with Gasteiger partial charge < -0.3 is 15.2 Å². The zero-order chi connectivity index (χ0) is 15.8. The molecule has 2 heterocycles. The minimum atomic E-state index is 0.182. The third-order valence-electron chi connectivity index (χ3n) is 3.69. The summed E-state index contributed by atoms with van der Waals surface area (Å²) in [7, 11) is 0. The van der Waals surface area contributed by atoms with Crippen molar-refractivity contribution in [2.45, 2.75) is 6.92 Å². The van der Waals surface area contributed by atoms with Crippen LogP contribution in [0.4, 0.5) is 5.95 Å². The van der Waals surface area contributed by atoms with Crippen molar-refractivity contribution in [3.05, 3.63) is 48.5 Å². The van der Waals surface area contributed by atoms with Crippen LogP contribution in [-0.4, -0.2) is 16.6 Å². The lowest BCUT2D eigenvalue weighted by atomic mass is 10.0. The molecule has 1 aliphatic heterocycles. The number of benzene rings is 2. The lowest BCUT2D eigenvalue weighted by Gasteiger charge is -2.13. The smallest absolute Gasteiger partial charge is 0.227 e. The van der Waals surface area contributed by atoms with E-state index in [9.17, 15) is 0 Å². The largest absolute Gasteiger partial charge is 0.477 e. The summed E-state index contributed by atoms with van der Waals surface area (Å²) in [5, 5.41) is 0. The van der Waals surface area contributed by atoms with Crippen molar-refractivity contribution < 1.29 is 9.47 Å². The maximum Gasteiger partial charge on any atom is 0.227 e. The number of aromatic nitrogens is 2. The number of rotatable bonds is 2. The molecule has 0 bridgehead atoms. The molecule has 0 unspecified atom stereocenters. The molecule has 4 rings (SSSR count). The lowest BCUT2D eigenvalue weighted by Crippen LogP contribution is -2.04. The highest BCUT2D eigenvalue weighted by Gasteiger charge is 2.26. The van der Waals surface area contributed by atoms with E-state index < -0.39 is 0 Å². The summed E-state index contributed by atoms with van der Waals surface area (Å²) in [6.07, 6.45) is 0. The summed E-state index contributed by atoms with van der Waals surface area (Å²) in [4.78, 5) is 8.74. The van der Waals surface area contributed by atoms with Crippen LogP contribution < -0.4 is 15.2 Å². The molecule has 1 aromatic heterocycles. The van der Waals surface area contributed by atoms with Gasteiger partial charge in [-0.1, -0.05) is 30.3 Å². The Morgan fingerprint density at radius 2 is 1.61 bits per heavy atom. The summed E-state index contributed by atoms with van der Waals surface area (Å²) in [5.41, 5.74) is 9.19. The van der Waals surface area contributed by atoms with Crippen LogP contribution in [0.2, 0.25) is 0 Å². The first-order chi connectivity index (χ1) is 11.3. The molecule has 5 nitrogen and oxygen atoms in total. The van der Waals surface area contributed by atoms with Gasteiger partial charge in [0, 0.05) is 11.1 Å². The number of ether oxygens (including phenoxy) is 2. The first-order valence-electron chi connectivity index (χ1n) is 7.45. The van der Waals surface area contributed by atoms with Gasteiger partial charge in [-0.2, -0.15) is 4.98 Å². The standard InChI is InChI=1S/C18H15N3O2/c1-2-22-17-15-11-7-3-5-9-13(11)23-14-10-6-4-8-12(14)16(15)20-18(19)21-17/h3-10H,2H2,1H3,(H2,19,20,21). The number of nitrogen functional groups attached to an aromatic ring is 1. The summed E-state index contributed by atoms with van der Waals surface area (Å²) in [5.74, 6) is 2.14. The highest BCUT2D eigenvalue weighted by atomic mass is 16.5. The van der Waals surface area contributed by atoms with Gasteiger partial charge in [0.25, 0.3) is 0 Å². The van der Waals surface area contributed by atoms with Crippen molar-refractivity contribution in [1.29, 1.82) is 0 Å². The Morgan fingerprint density at radius 1 is 0.957 bits per heavy atom. The molecule has 0 saturated heterocycles. The first kappa shape index (κ1) is 13.6. The Kier molecular flexibility index (Phi) is 3.12. The molecule has 0 amide bonds. The third-order valence-corrected chi connectivity index (χ3v) is 3.69. The number of nitrogens with zero attached hydrogens (tertiary/aromatic N) is 2. The minimum absolute atomic E-state index is 0.182. The van der Waals surface area contributed by atoms with Crippen LogP contribution in [0.5, 0.6) is 17.4 Å². The van der Waals surface area contributed by atoms with E-state index in [1.807, 2.05) is 55.5 Å². The Hall–Kier alpha value is -3.08. The predicted molar refractivity (Wildman–Crippen MR) is 88.6 cm³/mol. The fourth-order valence-corrected chi connectivity index (χ4v) is 2.77. The van der Waals surface area contributed by atoms with Gasteiger partial charge in [-0.05, 0) is 25.1 Å². The van der Waals surface area contributed by atoms with E-state index in [-0.39, 0.29) is 5.95 Å². The van der Waals surface area contributed by atoms with E-state index in [1.54, 1.807) is 0 Å². The Bertz CT molecular complexity index is 893. The van der Waals surface area contributed by atoms with Crippen LogP contribution in [0.25, 0.3) is 22.4 Å². The molecule has 5 heteroatoms. The van der Waals surface area contributed by atoms with Gasteiger partial charge in [0.1, 0.15) is 11.5 Å². The number of nitrogens with two attached hydrogens (primary N) is 1. The van der Waals surface area contributed by atoms with Crippen LogP contribution >= 0.6 is 0 Å². The van der Waals surface area contributed by atoms with Crippen molar-refractivity contribution >= 4 is 5.95 Å². The zero-order valence-electron chi connectivity index (χ0n) is 12.6. The van der Waals surface area contributed by atoms with Crippen LogP contribution in [0.3, 0.4) is 0 Å². The Labute approximate surface area is 133 Å². The van der Waals surface area contributed by atoms with Crippen molar-refractivity contribution in [3.8, 4) is 39.8 Å². The monoisotopic (exact) mass is 305 g/mol. The van der Waals surface area contributed by atoms with Crippen molar-refractivity contribution in [3.63, 3.8) is 0 Å². The summed E-state index contributed by atoms with van der Waals surface area (Å²) >= 11 is 0. The molecule has 1 aliphatic rings. The molecule has 2 aromatic carbocycles. The Morgan fingerprint density at radius 3 is 2.35 bits per heavy atom. The molecule has 0 fully saturated rings. The van der Waals surface area contributed by atoms with E-state index in [4.69, 9.17) is 15.2 Å². The maximum absolute atomic E-state index is 6.09. The molecule has 2 N–H and O–H groups in total. The quantitative estimate of drug-likeness (QED) is 0.608. The minimum Gasteiger partial charge on any atom is -0.477 e. The average molecular weight is 305 g/mol. The fraction of sp³-hybridized carbons (Fsp3) is 0.111. The number of fused-ring (bicyclic) bond motifs is 5. The maximum atomic E-state index is 6.09. The van der Waals surface area contributed by atoms with E-state index >= 15 is 0 Å². The number of anilines is 1. The zero-order valence-corrected chi connectivity index (χ0v) is 12.6. The fourth-order valence-electron chi connectivity index (χ4n) is 2.77. The van der Waals surface area contributed by atoms with Gasteiger partial charge in [0.2, 0.25) is 11.8 Å². The van der Waals surface area contributed by atoms with Crippen molar-refractivity contribution in [1.82, 2.24) is 9.97 Å². The van der Waals surface area contributed by atoms with Gasteiger partial charge in [0.05, 0.1) is 17.9 Å². The van der Waals surface area contributed by atoms with Gasteiger partial charge in [-0.15, -0.1) is 0 Å². The van der Waals surface area contributed by atoms with Crippen LogP contribution in [0.15, 0.2) is 48.5 Å². The second-order valence-corrected chi connectivity index (χ2v) is 5.14. The molecule has 0 saturated carbocycles. The average Bonchev–Trinajstić information content (AvgIpc) is 2.69. The first-order valence-corrected chi connectivity index (χ1v) is 7.45. The second-order valence-electron chi connectivity index (χ2n) is 5.14. The number of hydrogen-bond acceptors (Lipinski definition) is 5. The molecule has 114 valence electrons. The molecule has 0 spiro atoms.